The Labute approximate surface area is 153 Å². The molecule has 1 aliphatic heterocycles. The first-order valence-corrected chi connectivity index (χ1v) is 8.83. The van der Waals surface area contributed by atoms with E-state index in [2.05, 4.69) is 30.2 Å². The quantitative estimate of drug-likeness (QED) is 0.871. The minimum atomic E-state index is 0.133. The molecule has 3 rings (SSSR count). The van der Waals surface area contributed by atoms with Gasteiger partial charge in [0.05, 0.1) is 12.2 Å². The van der Waals surface area contributed by atoms with Crippen LogP contribution in [0.3, 0.4) is 0 Å². The van der Waals surface area contributed by atoms with Crippen LogP contribution in [0.5, 0.6) is 0 Å². The minimum absolute atomic E-state index is 0.133. The second-order valence-electron chi connectivity index (χ2n) is 6.79. The van der Waals surface area contributed by atoms with Crippen LogP contribution < -0.4 is 5.32 Å². The van der Waals surface area contributed by atoms with E-state index in [-0.39, 0.29) is 11.8 Å². The number of aromatic nitrogens is 4. The number of nitrogens with zero attached hydrogens (tertiary/aromatic N) is 6. The van der Waals surface area contributed by atoms with Crippen molar-refractivity contribution in [2.45, 2.75) is 25.7 Å². The van der Waals surface area contributed by atoms with Gasteiger partial charge >= 0.3 is 0 Å². The van der Waals surface area contributed by atoms with Crippen molar-refractivity contribution >= 4 is 17.7 Å². The van der Waals surface area contributed by atoms with Gasteiger partial charge in [0.25, 0.3) is 0 Å². The molecule has 138 valence electrons. The average molecular weight is 355 g/mol. The fraction of sp³-hybridized carbons (Fsp3) is 0.500. The molecule has 0 spiro atoms. The molecule has 2 aromatic heterocycles. The molecule has 3 heterocycles. The number of rotatable bonds is 5. The molecule has 0 radical (unpaired) electrons. The lowest BCUT2D eigenvalue weighted by Gasteiger charge is -2.32. The topological polar surface area (TPSA) is 87.1 Å². The van der Waals surface area contributed by atoms with Gasteiger partial charge in [-0.15, -0.1) is 0 Å². The summed E-state index contributed by atoms with van der Waals surface area (Å²) in [5.41, 5.74) is 0.998. The zero-order valence-corrected chi connectivity index (χ0v) is 15.5. The second kappa shape index (κ2) is 8.18. The third kappa shape index (κ3) is 4.72. The fourth-order valence-electron chi connectivity index (χ4n) is 3.12. The molecule has 0 saturated carbocycles. The van der Waals surface area contributed by atoms with Crippen molar-refractivity contribution in [2.24, 2.45) is 0 Å². The summed E-state index contributed by atoms with van der Waals surface area (Å²) >= 11 is 0. The summed E-state index contributed by atoms with van der Waals surface area (Å²) in [5.74, 6) is 2.34. The number of anilines is 2. The maximum Gasteiger partial charge on any atom is 0.236 e. The van der Waals surface area contributed by atoms with Gasteiger partial charge in [-0.1, -0.05) is 0 Å². The Morgan fingerprint density at radius 1 is 1.31 bits per heavy atom. The van der Waals surface area contributed by atoms with Crippen LogP contribution in [-0.2, 0) is 4.79 Å². The molecule has 0 unspecified atom stereocenters. The first kappa shape index (κ1) is 18.2. The SMILES string of the molecule is Cc1nc(Nc2ncccn2)cc([C@H]2CCCN(CC(=O)N(C)C)C2)n1. The molecule has 0 aliphatic carbocycles. The first-order chi connectivity index (χ1) is 12.5. The molecular weight excluding hydrogens is 330 g/mol. The van der Waals surface area contributed by atoms with Crippen LogP contribution in [0.4, 0.5) is 11.8 Å². The molecule has 0 aromatic carbocycles. The van der Waals surface area contributed by atoms with E-state index in [1.165, 1.54) is 0 Å². The first-order valence-electron chi connectivity index (χ1n) is 8.83. The van der Waals surface area contributed by atoms with E-state index >= 15 is 0 Å². The molecule has 1 atom stereocenters. The van der Waals surface area contributed by atoms with Crippen LogP contribution in [0, 0.1) is 6.92 Å². The summed E-state index contributed by atoms with van der Waals surface area (Å²) in [6.07, 6.45) is 5.49. The lowest BCUT2D eigenvalue weighted by molar-refractivity contribution is -0.130. The number of amides is 1. The highest BCUT2D eigenvalue weighted by atomic mass is 16.2. The number of carbonyl (C=O) groups is 1. The Bertz CT molecular complexity index is 750. The Hall–Kier alpha value is -2.61. The lowest BCUT2D eigenvalue weighted by atomic mass is 9.94. The molecule has 1 aliphatic rings. The van der Waals surface area contributed by atoms with Gasteiger partial charge in [0.15, 0.2) is 0 Å². The van der Waals surface area contributed by atoms with E-state index in [9.17, 15) is 4.79 Å². The number of piperidine rings is 1. The predicted octanol–water partition coefficient (Wildman–Crippen LogP) is 1.59. The van der Waals surface area contributed by atoms with Gasteiger partial charge in [0.2, 0.25) is 11.9 Å². The van der Waals surface area contributed by atoms with Crippen LogP contribution >= 0.6 is 0 Å². The summed E-state index contributed by atoms with van der Waals surface area (Å²) in [7, 11) is 3.59. The number of likely N-dealkylation sites (tertiary alicyclic amines) is 1. The number of carbonyl (C=O) groups excluding carboxylic acids is 1. The molecule has 1 N–H and O–H groups in total. The summed E-state index contributed by atoms with van der Waals surface area (Å²) in [4.78, 5) is 33.3. The van der Waals surface area contributed by atoms with Gasteiger partial charge in [-0.25, -0.2) is 19.9 Å². The third-order valence-corrected chi connectivity index (χ3v) is 4.44. The molecule has 1 fully saturated rings. The van der Waals surface area contributed by atoms with Crippen LogP contribution in [0.2, 0.25) is 0 Å². The summed E-state index contributed by atoms with van der Waals surface area (Å²) in [6.45, 7) is 4.12. The lowest BCUT2D eigenvalue weighted by Crippen LogP contribution is -2.41. The van der Waals surface area contributed by atoms with Crippen LogP contribution in [-0.4, -0.2) is 69.4 Å². The zero-order chi connectivity index (χ0) is 18.5. The van der Waals surface area contributed by atoms with Crippen molar-refractivity contribution in [2.75, 3.05) is 39.0 Å². The number of aryl methyl sites for hydroxylation is 1. The summed E-state index contributed by atoms with van der Waals surface area (Å²) in [5, 5.41) is 3.13. The number of hydrogen-bond acceptors (Lipinski definition) is 7. The van der Waals surface area contributed by atoms with E-state index < -0.39 is 0 Å². The molecule has 0 bridgehead atoms. The predicted molar refractivity (Wildman–Crippen MR) is 99.2 cm³/mol. The van der Waals surface area contributed by atoms with Crippen molar-refractivity contribution < 1.29 is 4.79 Å². The average Bonchev–Trinajstić information content (AvgIpc) is 2.62. The van der Waals surface area contributed by atoms with Gasteiger partial charge in [0, 0.05) is 45.0 Å². The summed E-state index contributed by atoms with van der Waals surface area (Å²) in [6, 6.07) is 3.73. The van der Waals surface area contributed by atoms with Gasteiger partial charge < -0.3 is 10.2 Å². The Kier molecular flexibility index (Phi) is 5.72. The molecule has 8 heteroatoms. The highest BCUT2D eigenvalue weighted by Gasteiger charge is 2.25. The van der Waals surface area contributed by atoms with Crippen molar-refractivity contribution in [3.8, 4) is 0 Å². The van der Waals surface area contributed by atoms with Crippen LogP contribution in [0.25, 0.3) is 0 Å². The van der Waals surface area contributed by atoms with E-state index in [0.29, 0.717) is 24.1 Å². The molecular formula is C18H25N7O. The number of likely N-dealkylation sites (N-methyl/N-ethyl adjacent to an activating group) is 1. The Morgan fingerprint density at radius 2 is 2.08 bits per heavy atom. The van der Waals surface area contributed by atoms with Gasteiger partial charge in [-0.05, 0) is 32.4 Å². The van der Waals surface area contributed by atoms with Crippen LogP contribution in [0.1, 0.15) is 30.3 Å². The van der Waals surface area contributed by atoms with Crippen molar-refractivity contribution in [3.63, 3.8) is 0 Å². The van der Waals surface area contributed by atoms with Crippen molar-refractivity contribution in [3.05, 3.63) is 36.0 Å². The molecule has 2 aromatic rings. The Morgan fingerprint density at radius 3 is 2.81 bits per heavy atom. The highest BCUT2D eigenvalue weighted by molar-refractivity contribution is 5.77. The fourth-order valence-corrected chi connectivity index (χ4v) is 3.12. The smallest absolute Gasteiger partial charge is 0.236 e. The normalized spacial score (nSPS) is 17.7. The summed E-state index contributed by atoms with van der Waals surface area (Å²) < 4.78 is 0. The van der Waals surface area contributed by atoms with E-state index in [1.54, 1.807) is 37.5 Å². The third-order valence-electron chi connectivity index (χ3n) is 4.44. The van der Waals surface area contributed by atoms with E-state index in [0.717, 1.165) is 31.6 Å². The minimum Gasteiger partial charge on any atom is -0.348 e. The van der Waals surface area contributed by atoms with E-state index in [4.69, 9.17) is 0 Å². The highest BCUT2D eigenvalue weighted by Crippen LogP contribution is 2.27. The van der Waals surface area contributed by atoms with Crippen LogP contribution in [0.15, 0.2) is 24.5 Å². The second-order valence-corrected chi connectivity index (χ2v) is 6.79. The largest absolute Gasteiger partial charge is 0.348 e. The standard InChI is InChI=1S/C18H25N7O/c1-13-21-15(10-16(22-13)23-18-19-7-5-8-20-18)14-6-4-9-25(11-14)12-17(26)24(2)3/h5,7-8,10,14H,4,6,9,11-12H2,1-3H3,(H,19,20,21,22,23)/t14-/m0/s1. The van der Waals surface area contributed by atoms with Crippen molar-refractivity contribution in [1.29, 1.82) is 0 Å². The number of nitrogens with one attached hydrogen (secondary N) is 1. The van der Waals surface area contributed by atoms with Gasteiger partial charge in [-0.2, -0.15) is 0 Å². The van der Waals surface area contributed by atoms with E-state index in [1.807, 2.05) is 13.0 Å². The van der Waals surface area contributed by atoms with Gasteiger partial charge in [-0.3, -0.25) is 9.69 Å². The maximum atomic E-state index is 12.0. The van der Waals surface area contributed by atoms with Crippen molar-refractivity contribution in [1.82, 2.24) is 29.7 Å². The van der Waals surface area contributed by atoms with Gasteiger partial charge in [0.1, 0.15) is 11.6 Å². The zero-order valence-electron chi connectivity index (χ0n) is 15.5. The molecule has 26 heavy (non-hydrogen) atoms. The molecule has 1 saturated heterocycles. The number of hydrogen-bond donors (Lipinski definition) is 1. The Balaban J connectivity index is 1.72. The monoisotopic (exact) mass is 355 g/mol. The molecule has 8 nitrogen and oxygen atoms in total. The molecule has 1 amide bonds. The maximum absolute atomic E-state index is 12.0.